The molecule has 1 aromatic rings. The van der Waals surface area contributed by atoms with Gasteiger partial charge in [0.2, 0.25) is 0 Å². The normalized spacial score (nSPS) is 12.0. The fourth-order valence-electron chi connectivity index (χ4n) is 1.86. The number of pyridine rings is 1. The van der Waals surface area contributed by atoms with Gasteiger partial charge < -0.3 is 10.6 Å². The van der Waals surface area contributed by atoms with Crippen LogP contribution in [0.4, 0.5) is 5.82 Å². The summed E-state index contributed by atoms with van der Waals surface area (Å²) >= 11 is 5.96. The molecule has 0 saturated carbocycles. The number of halogens is 1. The molecular weight excluding hydrogens is 274 g/mol. The summed E-state index contributed by atoms with van der Waals surface area (Å²) in [6, 6.07) is 3.51. The molecule has 0 aliphatic heterocycles. The van der Waals surface area contributed by atoms with E-state index < -0.39 is 0 Å². The van der Waals surface area contributed by atoms with Crippen LogP contribution in [0.3, 0.4) is 0 Å². The Labute approximate surface area is 126 Å². The Morgan fingerprint density at radius 2 is 2.10 bits per heavy atom. The van der Waals surface area contributed by atoms with E-state index in [2.05, 4.69) is 29.5 Å². The van der Waals surface area contributed by atoms with Gasteiger partial charge in [-0.1, -0.05) is 38.3 Å². The summed E-state index contributed by atoms with van der Waals surface area (Å²) in [6.07, 6.45) is 4.22. The van der Waals surface area contributed by atoms with E-state index in [-0.39, 0.29) is 11.9 Å². The van der Waals surface area contributed by atoms with E-state index in [1.165, 1.54) is 0 Å². The number of carbonyl (C=O) groups is 1. The number of anilines is 1. The van der Waals surface area contributed by atoms with E-state index in [0.717, 1.165) is 32.2 Å². The van der Waals surface area contributed by atoms with E-state index in [1.54, 1.807) is 12.1 Å². The zero-order valence-electron chi connectivity index (χ0n) is 12.5. The molecular formula is C15H24ClN3O. The Bertz CT molecular complexity index is 437. The maximum absolute atomic E-state index is 12.2. The monoisotopic (exact) mass is 297 g/mol. The van der Waals surface area contributed by atoms with Crippen LogP contribution in [0.5, 0.6) is 0 Å². The highest BCUT2D eigenvalue weighted by molar-refractivity contribution is 6.29. The predicted molar refractivity (Wildman–Crippen MR) is 84.5 cm³/mol. The van der Waals surface area contributed by atoms with Crippen LogP contribution in [0.15, 0.2) is 12.1 Å². The van der Waals surface area contributed by atoms with Crippen molar-refractivity contribution in [1.29, 1.82) is 0 Å². The van der Waals surface area contributed by atoms with E-state index in [4.69, 9.17) is 11.6 Å². The average Bonchev–Trinajstić information content (AvgIpc) is 2.42. The molecule has 0 aromatic carbocycles. The number of carbonyl (C=O) groups excluding carboxylic acids is 1. The van der Waals surface area contributed by atoms with Crippen molar-refractivity contribution < 1.29 is 4.79 Å². The maximum atomic E-state index is 12.2. The molecule has 4 nitrogen and oxygen atoms in total. The second-order valence-corrected chi connectivity index (χ2v) is 5.39. The summed E-state index contributed by atoms with van der Waals surface area (Å²) < 4.78 is 0. The van der Waals surface area contributed by atoms with E-state index in [9.17, 15) is 4.79 Å². The van der Waals surface area contributed by atoms with Crippen LogP contribution in [-0.4, -0.2) is 23.5 Å². The molecule has 20 heavy (non-hydrogen) atoms. The summed E-state index contributed by atoms with van der Waals surface area (Å²) in [6.45, 7) is 7.04. The lowest BCUT2D eigenvalue weighted by Gasteiger charge is -2.14. The number of amides is 1. The molecule has 0 radical (unpaired) electrons. The van der Waals surface area contributed by atoms with Gasteiger partial charge in [0, 0.05) is 18.2 Å². The summed E-state index contributed by atoms with van der Waals surface area (Å²) in [5.74, 6) is 0.545. The summed E-state index contributed by atoms with van der Waals surface area (Å²) in [5.41, 5.74) is 0.548. The van der Waals surface area contributed by atoms with E-state index in [0.29, 0.717) is 16.5 Å². The first kappa shape index (κ1) is 16.8. The second kappa shape index (κ2) is 8.80. The van der Waals surface area contributed by atoms with Gasteiger partial charge in [-0.3, -0.25) is 4.79 Å². The lowest BCUT2D eigenvalue weighted by atomic mass is 10.1. The zero-order valence-corrected chi connectivity index (χ0v) is 13.3. The average molecular weight is 298 g/mol. The third kappa shape index (κ3) is 5.78. The largest absolute Gasteiger partial charge is 0.370 e. The minimum Gasteiger partial charge on any atom is -0.370 e. The SMILES string of the molecule is CCCCC(C)NC(=O)c1cc(Cl)nc(NCCC)c1. The van der Waals surface area contributed by atoms with Crippen LogP contribution in [0.25, 0.3) is 0 Å². The summed E-state index contributed by atoms with van der Waals surface area (Å²) in [7, 11) is 0. The molecule has 0 saturated heterocycles. The van der Waals surface area contributed by atoms with Gasteiger partial charge >= 0.3 is 0 Å². The number of hydrogen-bond acceptors (Lipinski definition) is 3. The molecule has 1 unspecified atom stereocenters. The lowest BCUT2D eigenvalue weighted by Crippen LogP contribution is -2.32. The first-order valence-electron chi connectivity index (χ1n) is 7.29. The molecule has 0 bridgehead atoms. The molecule has 0 fully saturated rings. The number of nitrogens with one attached hydrogen (secondary N) is 2. The lowest BCUT2D eigenvalue weighted by molar-refractivity contribution is 0.0938. The molecule has 0 spiro atoms. The minimum atomic E-state index is -0.0996. The van der Waals surface area contributed by atoms with Crippen molar-refractivity contribution in [3.63, 3.8) is 0 Å². The third-order valence-corrected chi connectivity index (χ3v) is 3.17. The van der Waals surface area contributed by atoms with Crippen molar-refractivity contribution in [2.75, 3.05) is 11.9 Å². The third-order valence-electron chi connectivity index (χ3n) is 2.98. The fraction of sp³-hybridized carbons (Fsp3) is 0.600. The number of unbranched alkanes of at least 4 members (excludes halogenated alkanes) is 1. The fourth-order valence-corrected chi connectivity index (χ4v) is 2.07. The molecule has 1 atom stereocenters. The van der Waals surface area contributed by atoms with Crippen molar-refractivity contribution >= 4 is 23.3 Å². The Balaban J connectivity index is 2.69. The van der Waals surface area contributed by atoms with Crippen molar-refractivity contribution in [3.05, 3.63) is 22.8 Å². The summed E-state index contributed by atoms with van der Waals surface area (Å²) in [4.78, 5) is 16.3. The van der Waals surface area contributed by atoms with Crippen molar-refractivity contribution in [3.8, 4) is 0 Å². The maximum Gasteiger partial charge on any atom is 0.251 e. The molecule has 5 heteroatoms. The van der Waals surface area contributed by atoms with Crippen LogP contribution < -0.4 is 10.6 Å². The van der Waals surface area contributed by atoms with E-state index in [1.807, 2.05) is 6.92 Å². The predicted octanol–water partition coefficient (Wildman–Crippen LogP) is 3.87. The van der Waals surface area contributed by atoms with Gasteiger partial charge in [0.15, 0.2) is 0 Å². The summed E-state index contributed by atoms with van der Waals surface area (Å²) in [5, 5.41) is 6.46. The van der Waals surface area contributed by atoms with Gasteiger partial charge in [-0.05, 0) is 31.9 Å². The standard InChI is InChI=1S/C15H24ClN3O/c1-4-6-7-11(3)18-15(20)12-9-13(16)19-14(10-12)17-8-5-2/h9-11H,4-8H2,1-3H3,(H,17,19)(H,18,20). The molecule has 1 rings (SSSR count). The number of rotatable bonds is 8. The van der Waals surface area contributed by atoms with Crippen LogP contribution in [0.1, 0.15) is 56.8 Å². The Morgan fingerprint density at radius 3 is 2.75 bits per heavy atom. The van der Waals surface area contributed by atoms with Gasteiger partial charge in [-0.15, -0.1) is 0 Å². The van der Waals surface area contributed by atoms with Gasteiger partial charge in [0.1, 0.15) is 11.0 Å². The first-order chi connectivity index (χ1) is 9.56. The highest BCUT2D eigenvalue weighted by atomic mass is 35.5. The zero-order chi connectivity index (χ0) is 15.0. The topological polar surface area (TPSA) is 54.0 Å². The van der Waals surface area contributed by atoms with Crippen molar-refractivity contribution in [2.45, 2.75) is 52.5 Å². The molecule has 0 aliphatic rings. The van der Waals surface area contributed by atoms with Gasteiger partial charge in [0.25, 0.3) is 5.91 Å². The molecule has 0 aliphatic carbocycles. The minimum absolute atomic E-state index is 0.0996. The smallest absolute Gasteiger partial charge is 0.251 e. The molecule has 1 heterocycles. The highest BCUT2D eigenvalue weighted by Gasteiger charge is 2.12. The van der Waals surface area contributed by atoms with Gasteiger partial charge in [-0.2, -0.15) is 0 Å². The number of nitrogens with zero attached hydrogens (tertiary/aromatic N) is 1. The molecule has 1 amide bonds. The number of hydrogen-bond donors (Lipinski definition) is 2. The highest BCUT2D eigenvalue weighted by Crippen LogP contribution is 2.15. The quantitative estimate of drug-likeness (QED) is 0.716. The number of aromatic nitrogens is 1. The van der Waals surface area contributed by atoms with Crippen LogP contribution in [0, 0.1) is 0 Å². The van der Waals surface area contributed by atoms with Crippen LogP contribution in [0.2, 0.25) is 5.15 Å². The second-order valence-electron chi connectivity index (χ2n) is 5.01. The Morgan fingerprint density at radius 1 is 1.35 bits per heavy atom. The van der Waals surface area contributed by atoms with E-state index >= 15 is 0 Å². The van der Waals surface area contributed by atoms with Crippen molar-refractivity contribution in [2.24, 2.45) is 0 Å². The molecule has 2 N–H and O–H groups in total. The van der Waals surface area contributed by atoms with Gasteiger partial charge in [0.05, 0.1) is 0 Å². The van der Waals surface area contributed by atoms with Gasteiger partial charge in [-0.25, -0.2) is 4.98 Å². The first-order valence-corrected chi connectivity index (χ1v) is 7.67. The Kier molecular flexibility index (Phi) is 7.37. The Hall–Kier alpha value is -1.29. The van der Waals surface area contributed by atoms with Crippen LogP contribution in [-0.2, 0) is 0 Å². The van der Waals surface area contributed by atoms with Crippen LogP contribution >= 0.6 is 11.6 Å². The molecule has 112 valence electrons. The molecule has 1 aromatic heterocycles. The van der Waals surface area contributed by atoms with Crippen molar-refractivity contribution in [1.82, 2.24) is 10.3 Å².